The van der Waals surface area contributed by atoms with Gasteiger partial charge in [-0.3, -0.25) is 0 Å². The molecule has 0 fully saturated rings. The van der Waals surface area contributed by atoms with E-state index in [2.05, 4.69) is 26.8 Å². The second kappa shape index (κ2) is 4.19. The summed E-state index contributed by atoms with van der Waals surface area (Å²) in [5.41, 5.74) is 6.03. The van der Waals surface area contributed by atoms with Gasteiger partial charge in [0.2, 0.25) is 0 Å². The van der Waals surface area contributed by atoms with Crippen molar-refractivity contribution in [3.05, 3.63) is 33.9 Å². The van der Waals surface area contributed by atoms with Crippen LogP contribution in [0.25, 0.3) is 0 Å². The van der Waals surface area contributed by atoms with E-state index in [0.717, 1.165) is 12.0 Å². The third-order valence-electron chi connectivity index (χ3n) is 3.81. The first-order valence-electron chi connectivity index (χ1n) is 5.97. The Balaban J connectivity index is 2.54. The van der Waals surface area contributed by atoms with Gasteiger partial charge in [-0.05, 0) is 60.4 Å². The maximum atomic E-state index is 10.2. The van der Waals surface area contributed by atoms with Crippen molar-refractivity contribution in [3.8, 4) is 0 Å². The van der Waals surface area contributed by atoms with Crippen molar-refractivity contribution in [1.82, 2.24) is 0 Å². The van der Waals surface area contributed by atoms with E-state index in [-0.39, 0.29) is 12.7 Å². The average Bonchev–Trinajstić information content (AvgIpc) is 2.49. The minimum absolute atomic E-state index is 0.173. The molecule has 1 aromatic rings. The number of hydrogen-bond donors (Lipinski definition) is 2. The molecule has 1 aliphatic rings. The van der Waals surface area contributed by atoms with E-state index in [4.69, 9.17) is 5.11 Å². The summed E-state index contributed by atoms with van der Waals surface area (Å²) in [6.07, 6.45) is 1.33. The molecule has 0 amide bonds. The zero-order valence-electron chi connectivity index (χ0n) is 10.2. The van der Waals surface area contributed by atoms with E-state index in [1.54, 1.807) is 0 Å². The molecule has 2 unspecified atom stereocenters. The smallest absolute Gasteiger partial charge is 0.0824 e. The monoisotopic (exact) mass is 220 g/mol. The fraction of sp³-hybridized carbons (Fsp3) is 0.571. The first-order chi connectivity index (χ1) is 7.56. The molecule has 0 spiro atoms. The third-order valence-corrected chi connectivity index (χ3v) is 3.81. The normalized spacial score (nSPS) is 23.6. The van der Waals surface area contributed by atoms with Crippen LogP contribution < -0.4 is 0 Å². The van der Waals surface area contributed by atoms with Crippen LogP contribution in [0.2, 0.25) is 0 Å². The summed E-state index contributed by atoms with van der Waals surface area (Å²) < 4.78 is 0. The van der Waals surface area contributed by atoms with Crippen molar-refractivity contribution in [2.45, 2.75) is 39.7 Å². The van der Waals surface area contributed by atoms with Gasteiger partial charge in [-0.2, -0.15) is 0 Å². The largest absolute Gasteiger partial charge is 0.396 e. The number of rotatable bonds is 2. The molecule has 0 heterocycles. The van der Waals surface area contributed by atoms with Crippen molar-refractivity contribution >= 4 is 0 Å². The minimum atomic E-state index is -0.326. The lowest BCUT2D eigenvalue weighted by atomic mass is 9.92. The topological polar surface area (TPSA) is 40.5 Å². The molecule has 2 rings (SSSR count). The number of benzene rings is 1. The Morgan fingerprint density at radius 1 is 1.38 bits per heavy atom. The number of aliphatic hydroxyl groups is 2. The molecule has 16 heavy (non-hydrogen) atoms. The van der Waals surface area contributed by atoms with Crippen LogP contribution in [-0.2, 0) is 12.8 Å². The van der Waals surface area contributed by atoms with Gasteiger partial charge in [-0.25, -0.2) is 0 Å². The lowest BCUT2D eigenvalue weighted by molar-refractivity contribution is 0.132. The number of hydrogen-bond acceptors (Lipinski definition) is 2. The molecule has 2 heteroatoms. The standard InChI is InChI=1S/C14H20O2/c1-8-6-11-7-9(2)14(16)13(11)10(3)12(8)4-5-15/h6,9,14-16H,4-5,7H2,1-3H3. The Labute approximate surface area is 96.9 Å². The van der Waals surface area contributed by atoms with Gasteiger partial charge in [-0.1, -0.05) is 13.0 Å². The molecule has 88 valence electrons. The van der Waals surface area contributed by atoms with Gasteiger partial charge in [0.1, 0.15) is 0 Å². The number of aliphatic hydroxyl groups excluding tert-OH is 2. The molecule has 1 aromatic carbocycles. The Morgan fingerprint density at radius 2 is 2.06 bits per heavy atom. The van der Waals surface area contributed by atoms with E-state index in [0.29, 0.717) is 12.3 Å². The molecule has 0 radical (unpaired) electrons. The van der Waals surface area contributed by atoms with Crippen molar-refractivity contribution < 1.29 is 10.2 Å². The highest BCUT2D eigenvalue weighted by Gasteiger charge is 2.30. The van der Waals surface area contributed by atoms with E-state index in [9.17, 15) is 5.11 Å². The molecule has 2 N–H and O–H groups in total. The van der Waals surface area contributed by atoms with Crippen LogP contribution in [0, 0.1) is 19.8 Å². The predicted molar refractivity (Wildman–Crippen MR) is 64.5 cm³/mol. The predicted octanol–water partition coefficient (Wildman–Crippen LogP) is 2.06. The van der Waals surface area contributed by atoms with Crippen LogP contribution >= 0.6 is 0 Å². The zero-order chi connectivity index (χ0) is 11.9. The molecule has 0 saturated carbocycles. The highest BCUT2D eigenvalue weighted by molar-refractivity contribution is 5.49. The molecular formula is C14H20O2. The van der Waals surface area contributed by atoms with Crippen molar-refractivity contribution in [2.75, 3.05) is 6.61 Å². The van der Waals surface area contributed by atoms with Gasteiger partial charge in [0.25, 0.3) is 0 Å². The van der Waals surface area contributed by atoms with Gasteiger partial charge in [0, 0.05) is 6.61 Å². The highest BCUT2D eigenvalue weighted by Crippen LogP contribution is 2.39. The fourth-order valence-corrected chi connectivity index (χ4v) is 2.95. The molecule has 0 aliphatic heterocycles. The van der Waals surface area contributed by atoms with E-state index < -0.39 is 0 Å². The van der Waals surface area contributed by atoms with Gasteiger partial charge < -0.3 is 10.2 Å². The van der Waals surface area contributed by atoms with E-state index >= 15 is 0 Å². The Kier molecular flexibility index (Phi) is 3.04. The summed E-state index contributed by atoms with van der Waals surface area (Å²) in [7, 11) is 0. The van der Waals surface area contributed by atoms with Crippen molar-refractivity contribution in [3.63, 3.8) is 0 Å². The minimum Gasteiger partial charge on any atom is -0.396 e. The summed E-state index contributed by atoms with van der Waals surface area (Å²) in [6, 6.07) is 2.18. The molecule has 2 nitrogen and oxygen atoms in total. The summed E-state index contributed by atoms with van der Waals surface area (Å²) in [6.45, 7) is 6.42. The van der Waals surface area contributed by atoms with E-state index in [1.807, 2.05) is 0 Å². The molecule has 2 atom stereocenters. The second-order valence-corrected chi connectivity index (χ2v) is 4.97. The lowest BCUT2D eigenvalue weighted by Crippen LogP contribution is -2.06. The van der Waals surface area contributed by atoms with Crippen LogP contribution in [-0.4, -0.2) is 16.8 Å². The average molecular weight is 220 g/mol. The Hall–Kier alpha value is -0.860. The van der Waals surface area contributed by atoms with Gasteiger partial charge in [0.05, 0.1) is 6.10 Å². The molecule has 1 aliphatic carbocycles. The van der Waals surface area contributed by atoms with Crippen LogP contribution in [0.3, 0.4) is 0 Å². The maximum Gasteiger partial charge on any atom is 0.0824 e. The van der Waals surface area contributed by atoms with E-state index in [1.165, 1.54) is 22.3 Å². The summed E-state index contributed by atoms with van der Waals surface area (Å²) in [4.78, 5) is 0. The SMILES string of the molecule is Cc1cc2c(c(C)c1CCO)C(O)C(C)C2. The number of fused-ring (bicyclic) bond motifs is 1. The van der Waals surface area contributed by atoms with Gasteiger partial charge >= 0.3 is 0 Å². The molecule has 0 saturated heterocycles. The highest BCUT2D eigenvalue weighted by atomic mass is 16.3. The van der Waals surface area contributed by atoms with Crippen LogP contribution in [0.1, 0.15) is 40.8 Å². The second-order valence-electron chi connectivity index (χ2n) is 4.97. The van der Waals surface area contributed by atoms with Crippen LogP contribution in [0.15, 0.2) is 6.07 Å². The zero-order valence-corrected chi connectivity index (χ0v) is 10.2. The van der Waals surface area contributed by atoms with Crippen molar-refractivity contribution in [2.24, 2.45) is 5.92 Å². The summed E-state index contributed by atoms with van der Waals surface area (Å²) >= 11 is 0. The molecular weight excluding hydrogens is 200 g/mol. The van der Waals surface area contributed by atoms with Crippen LogP contribution in [0.4, 0.5) is 0 Å². The Bertz CT molecular complexity index is 410. The van der Waals surface area contributed by atoms with Crippen LogP contribution in [0.5, 0.6) is 0 Å². The van der Waals surface area contributed by atoms with Gasteiger partial charge in [0.15, 0.2) is 0 Å². The summed E-state index contributed by atoms with van der Waals surface area (Å²) in [5.74, 6) is 0.317. The number of aryl methyl sites for hydroxylation is 1. The van der Waals surface area contributed by atoms with Crippen molar-refractivity contribution in [1.29, 1.82) is 0 Å². The third kappa shape index (κ3) is 1.66. The lowest BCUT2D eigenvalue weighted by Gasteiger charge is -2.16. The first kappa shape index (κ1) is 11.6. The quantitative estimate of drug-likeness (QED) is 0.801. The van der Waals surface area contributed by atoms with Gasteiger partial charge in [-0.15, -0.1) is 0 Å². The molecule has 0 bridgehead atoms. The first-order valence-corrected chi connectivity index (χ1v) is 5.97. The Morgan fingerprint density at radius 3 is 2.69 bits per heavy atom. The fourth-order valence-electron chi connectivity index (χ4n) is 2.95. The molecule has 0 aromatic heterocycles. The summed E-state index contributed by atoms with van der Waals surface area (Å²) in [5, 5.41) is 19.2. The maximum absolute atomic E-state index is 10.2.